The van der Waals surface area contributed by atoms with Gasteiger partial charge in [-0.2, -0.15) is 0 Å². The number of nitrogens with one attached hydrogen (secondary N) is 1. The molecule has 30 heavy (non-hydrogen) atoms. The molecular weight excluding hydrogens is 380 g/mol. The lowest BCUT2D eigenvalue weighted by atomic mass is 9.60. The van der Waals surface area contributed by atoms with Crippen LogP contribution < -0.4 is 5.32 Å². The van der Waals surface area contributed by atoms with Crippen molar-refractivity contribution in [1.82, 2.24) is 5.32 Å². The molecule has 2 fully saturated rings. The minimum Gasteiger partial charge on any atom is -0.462 e. The van der Waals surface area contributed by atoms with E-state index in [0.717, 1.165) is 31.4 Å². The maximum Gasteiger partial charge on any atom is 0.407 e. The van der Waals surface area contributed by atoms with E-state index in [-0.39, 0.29) is 42.0 Å². The second-order valence-corrected chi connectivity index (χ2v) is 8.87. The molecule has 1 aromatic carbocycles. The Hall–Kier alpha value is -2.63. The summed E-state index contributed by atoms with van der Waals surface area (Å²) in [4.78, 5) is 29.5. The van der Waals surface area contributed by atoms with Gasteiger partial charge in [-0.3, -0.25) is 9.79 Å². The van der Waals surface area contributed by atoms with E-state index in [1.54, 1.807) is 6.92 Å². The highest BCUT2D eigenvalue weighted by Crippen LogP contribution is 2.51. The first-order valence-electron chi connectivity index (χ1n) is 11.0. The van der Waals surface area contributed by atoms with E-state index in [2.05, 4.69) is 29.6 Å². The van der Waals surface area contributed by atoms with Crippen LogP contribution in [-0.4, -0.2) is 36.5 Å². The Morgan fingerprint density at radius 2 is 2.13 bits per heavy atom. The Kier molecular flexibility index (Phi) is 4.88. The van der Waals surface area contributed by atoms with E-state index < -0.39 is 0 Å². The summed E-state index contributed by atoms with van der Waals surface area (Å²) in [6.07, 6.45) is 5.14. The Bertz CT molecular complexity index is 937. The molecule has 4 aliphatic rings. The molecule has 0 unspecified atom stereocenters. The van der Waals surface area contributed by atoms with E-state index in [9.17, 15) is 9.59 Å². The number of hydrogen-bond acceptors (Lipinski definition) is 5. The molecule has 2 aliphatic carbocycles. The lowest BCUT2D eigenvalue weighted by Gasteiger charge is -2.43. The molecule has 0 aromatic heterocycles. The van der Waals surface area contributed by atoms with Crippen LogP contribution in [0.15, 0.2) is 40.9 Å². The number of aliphatic imine (C=N–C) groups is 1. The molecule has 1 N–H and O–H groups in total. The molecule has 2 aliphatic heterocycles. The van der Waals surface area contributed by atoms with Crippen molar-refractivity contribution >= 4 is 23.5 Å². The van der Waals surface area contributed by atoms with Gasteiger partial charge < -0.3 is 14.8 Å². The maximum atomic E-state index is 12.6. The quantitative estimate of drug-likeness (QED) is 0.607. The summed E-state index contributed by atoms with van der Waals surface area (Å²) < 4.78 is 10.7. The fraction of sp³-hybridized carbons (Fsp3) is 0.542. The number of rotatable bonds is 3. The molecule has 1 saturated carbocycles. The zero-order valence-electron chi connectivity index (χ0n) is 17.5. The highest BCUT2D eigenvalue weighted by molar-refractivity contribution is 5.97. The van der Waals surface area contributed by atoms with Crippen LogP contribution in [0.25, 0.3) is 0 Å². The second-order valence-electron chi connectivity index (χ2n) is 8.87. The molecule has 6 nitrogen and oxygen atoms in total. The topological polar surface area (TPSA) is 77.0 Å². The average molecular weight is 408 g/mol. The van der Waals surface area contributed by atoms with Gasteiger partial charge in [-0.25, -0.2) is 4.79 Å². The molecular formula is C24H28N2O4. The maximum absolute atomic E-state index is 12.6. The summed E-state index contributed by atoms with van der Waals surface area (Å²) in [5.74, 6) is 0.335. The Morgan fingerprint density at radius 1 is 1.30 bits per heavy atom. The first-order valence-corrected chi connectivity index (χ1v) is 11.0. The van der Waals surface area contributed by atoms with Crippen molar-refractivity contribution in [3.63, 3.8) is 0 Å². The van der Waals surface area contributed by atoms with Gasteiger partial charge >= 0.3 is 12.1 Å². The Labute approximate surface area is 176 Å². The van der Waals surface area contributed by atoms with Crippen molar-refractivity contribution in [3.8, 4) is 0 Å². The van der Waals surface area contributed by atoms with Crippen molar-refractivity contribution in [2.75, 3.05) is 6.61 Å². The van der Waals surface area contributed by atoms with Crippen molar-refractivity contribution < 1.29 is 19.1 Å². The van der Waals surface area contributed by atoms with Crippen LogP contribution in [0, 0.1) is 23.7 Å². The van der Waals surface area contributed by atoms with Crippen LogP contribution in [0.1, 0.15) is 38.7 Å². The summed E-state index contributed by atoms with van der Waals surface area (Å²) in [6, 6.07) is 8.34. The molecule has 158 valence electrons. The lowest BCUT2D eigenvalue weighted by Crippen LogP contribution is -2.46. The second kappa shape index (κ2) is 7.56. The number of benzene rings is 1. The normalized spacial score (nSPS) is 34.1. The van der Waals surface area contributed by atoms with Gasteiger partial charge in [0, 0.05) is 30.0 Å². The zero-order chi connectivity index (χ0) is 20.8. The monoisotopic (exact) mass is 408 g/mol. The van der Waals surface area contributed by atoms with Gasteiger partial charge in [-0.1, -0.05) is 29.8 Å². The summed E-state index contributed by atoms with van der Waals surface area (Å²) >= 11 is 0. The van der Waals surface area contributed by atoms with Crippen molar-refractivity contribution in [3.05, 3.63) is 41.5 Å². The van der Waals surface area contributed by atoms with Crippen LogP contribution in [0.2, 0.25) is 0 Å². The molecule has 1 amide bonds. The number of para-hydroxylation sites is 1. The first kappa shape index (κ1) is 19.3. The lowest BCUT2D eigenvalue weighted by molar-refractivity contribution is -0.142. The number of esters is 1. The van der Waals surface area contributed by atoms with Gasteiger partial charge in [0.05, 0.1) is 18.2 Å². The fourth-order valence-electron chi connectivity index (χ4n) is 5.96. The highest BCUT2D eigenvalue weighted by atomic mass is 16.6. The number of alkyl carbamates (subject to hydrolysis) is 1. The summed E-state index contributed by atoms with van der Waals surface area (Å²) in [5, 5.41) is 2.98. The number of carbonyl (C=O) groups is 2. The molecule has 0 spiro atoms. The van der Waals surface area contributed by atoms with Crippen LogP contribution in [0.4, 0.5) is 10.5 Å². The minimum atomic E-state index is -0.365. The third kappa shape index (κ3) is 3.22. The smallest absolute Gasteiger partial charge is 0.407 e. The standard InChI is InChI=1S/C24H28N2O4/c1-3-29-24(28)25-16-8-9-17-15(10-16)11-18-21(13(2)30-23(18)27)22(17)20-12-14-6-4-5-7-19(14)26-20/h4-7,11,13,16-18,21-22H,3,8-10,12H2,1-2H3,(H,25,28)/t13-,16-,17-,18-,21-,22-/m1/s1. The van der Waals surface area contributed by atoms with Crippen molar-refractivity contribution in [2.24, 2.45) is 28.7 Å². The highest BCUT2D eigenvalue weighted by Gasteiger charge is 2.53. The summed E-state index contributed by atoms with van der Waals surface area (Å²) in [6.45, 7) is 4.18. The van der Waals surface area contributed by atoms with Crippen molar-refractivity contribution in [1.29, 1.82) is 0 Å². The van der Waals surface area contributed by atoms with Crippen LogP contribution in [0.3, 0.4) is 0 Å². The Morgan fingerprint density at radius 3 is 2.93 bits per heavy atom. The van der Waals surface area contributed by atoms with Gasteiger partial charge in [-0.15, -0.1) is 0 Å². The SMILES string of the molecule is CCOC(=O)N[C@@H]1CC[C@@H]2C(=C[C@H]3C(=O)O[C@H](C)[C@H]3[C@H]2C2=Nc3ccccc3C2)C1. The van der Waals surface area contributed by atoms with Crippen LogP contribution in [-0.2, 0) is 20.7 Å². The van der Waals surface area contributed by atoms with E-state index >= 15 is 0 Å². The van der Waals surface area contributed by atoms with E-state index in [4.69, 9.17) is 14.5 Å². The Balaban J connectivity index is 1.44. The molecule has 0 bridgehead atoms. The predicted molar refractivity (Wildman–Crippen MR) is 113 cm³/mol. The minimum absolute atomic E-state index is 0.0429. The van der Waals surface area contributed by atoms with E-state index in [1.807, 2.05) is 13.0 Å². The van der Waals surface area contributed by atoms with Gasteiger partial charge in [-0.05, 0) is 50.7 Å². The predicted octanol–water partition coefficient (Wildman–Crippen LogP) is 3.96. The number of nitrogens with zero attached hydrogens (tertiary/aromatic N) is 1. The molecule has 6 atom stereocenters. The molecule has 2 heterocycles. The number of cyclic esters (lactones) is 1. The molecule has 1 saturated heterocycles. The van der Waals surface area contributed by atoms with Gasteiger partial charge in [0.15, 0.2) is 0 Å². The largest absolute Gasteiger partial charge is 0.462 e. The van der Waals surface area contributed by atoms with Crippen LogP contribution >= 0.6 is 0 Å². The third-order valence-electron chi connectivity index (χ3n) is 7.17. The van der Waals surface area contributed by atoms with Crippen LogP contribution in [0.5, 0.6) is 0 Å². The average Bonchev–Trinajstić information content (AvgIpc) is 3.27. The first-order chi connectivity index (χ1) is 14.5. The van der Waals surface area contributed by atoms with Crippen molar-refractivity contribution in [2.45, 2.75) is 51.7 Å². The van der Waals surface area contributed by atoms with Gasteiger partial charge in [0.25, 0.3) is 0 Å². The molecule has 5 rings (SSSR count). The van der Waals surface area contributed by atoms with E-state index in [1.165, 1.54) is 16.8 Å². The number of fused-ring (bicyclic) bond motifs is 3. The molecule has 1 aromatic rings. The number of hydrogen-bond donors (Lipinski definition) is 1. The zero-order valence-corrected chi connectivity index (χ0v) is 17.5. The summed E-state index contributed by atoms with van der Waals surface area (Å²) in [5.41, 5.74) is 4.76. The molecule has 0 radical (unpaired) electrons. The third-order valence-corrected chi connectivity index (χ3v) is 7.17. The number of carbonyl (C=O) groups excluding carboxylic acids is 2. The number of amides is 1. The van der Waals surface area contributed by atoms with Gasteiger partial charge in [0.2, 0.25) is 0 Å². The fourth-order valence-corrected chi connectivity index (χ4v) is 5.96. The summed E-state index contributed by atoms with van der Waals surface area (Å²) in [7, 11) is 0. The van der Waals surface area contributed by atoms with Gasteiger partial charge in [0.1, 0.15) is 6.10 Å². The molecule has 6 heteroatoms. The number of ether oxygens (including phenoxy) is 2. The van der Waals surface area contributed by atoms with E-state index in [0.29, 0.717) is 12.5 Å².